The molecule has 36 heavy (non-hydrogen) atoms. The van der Waals surface area contributed by atoms with E-state index in [9.17, 15) is 17.6 Å². The van der Waals surface area contributed by atoms with Crippen LogP contribution in [0.25, 0.3) is 0 Å². The number of rotatable bonds is 5. The van der Waals surface area contributed by atoms with Gasteiger partial charge in [-0.1, -0.05) is 30.3 Å². The molecule has 1 aromatic heterocycles. The topological polar surface area (TPSA) is 95.2 Å². The SMILES string of the molecule is Cc1c(C(=O)N2CCN(c3ccccc3F)CC2)oc2c1/C(=N/NS(=O)(=O)c1ccccc1)CCC2. The number of nitrogens with zero attached hydrogens (tertiary/aromatic N) is 3. The molecule has 1 aliphatic carbocycles. The average Bonchev–Trinajstić information content (AvgIpc) is 3.25. The van der Waals surface area contributed by atoms with Crippen molar-refractivity contribution in [3.8, 4) is 0 Å². The summed E-state index contributed by atoms with van der Waals surface area (Å²) in [7, 11) is -3.81. The van der Waals surface area contributed by atoms with Crippen LogP contribution in [-0.4, -0.2) is 51.1 Å². The van der Waals surface area contributed by atoms with Gasteiger partial charge in [0, 0.05) is 43.7 Å². The maximum Gasteiger partial charge on any atom is 0.289 e. The Labute approximate surface area is 209 Å². The smallest absolute Gasteiger partial charge is 0.289 e. The number of carbonyl (C=O) groups excluding carboxylic acids is 1. The van der Waals surface area contributed by atoms with Gasteiger partial charge in [0.05, 0.1) is 16.3 Å². The number of hydrazone groups is 1. The minimum atomic E-state index is -3.81. The number of para-hydroxylation sites is 1. The number of piperazine rings is 1. The van der Waals surface area contributed by atoms with Gasteiger partial charge < -0.3 is 14.2 Å². The minimum Gasteiger partial charge on any atom is -0.455 e. The van der Waals surface area contributed by atoms with Crippen LogP contribution < -0.4 is 9.73 Å². The van der Waals surface area contributed by atoms with Gasteiger partial charge in [0.2, 0.25) is 0 Å². The van der Waals surface area contributed by atoms with Gasteiger partial charge in [0.1, 0.15) is 11.6 Å². The van der Waals surface area contributed by atoms with Gasteiger partial charge in [-0.15, -0.1) is 0 Å². The average molecular weight is 511 g/mol. The number of carbonyl (C=O) groups is 1. The predicted molar refractivity (Wildman–Crippen MR) is 134 cm³/mol. The lowest BCUT2D eigenvalue weighted by molar-refractivity contribution is 0.0711. The molecule has 2 aliphatic rings. The normalized spacial score (nSPS) is 17.2. The first-order chi connectivity index (χ1) is 17.3. The van der Waals surface area contributed by atoms with E-state index in [4.69, 9.17) is 4.42 Å². The lowest BCUT2D eigenvalue weighted by Crippen LogP contribution is -2.49. The third-order valence-electron chi connectivity index (χ3n) is 6.63. The van der Waals surface area contributed by atoms with Crippen molar-refractivity contribution < 1.29 is 22.0 Å². The number of aryl methyl sites for hydroxylation is 1. The number of hydrogen-bond donors (Lipinski definition) is 1. The molecule has 1 N–H and O–H groups in total. The summed E-state index contributed by atoms with van der Waals surface area (Å²) in [6, 6.07) is 14.7. The van der Waals surface area contributed by atoms with Crippen molar-refractivity contribution in [2.45, 2.75) is 31.1 Å². The Morgan fingerprint density at radius 3 is 2.42 bits per heavy atom. The summed E-state index contributed by atoms with van der Waals surface area (Å²) in [6.07, 6.45) is 1.95. The van der Waals surface area contributed by atoms with E-state index in [1.807, 2.05) is 4.90 Å². The van der Waals surface area contributed by atoms with Crippen LogP contribution in [0.3, 0.4) is 0 Å². The Hall–Kier alpha value is -3.66. The summed E-state index contributed by atoms with van der Waals surface area (Å²) in [5, 5.41) is 4.22. The Kier molecular flexibility index (Phi) is 6.53. The second kappa shape index (κ2) is 9.77. The molecule has 0 saturated carbocycles. The number of hydrogen-bond acceptors (Lipinski definition) is 6. The second-order valence-electron chi connectivity index (χ2n) is 8.90. The van der Waals surface area contributed by atoms with Crippen LogP contribution in [0.1, 0.15) is 40.3 Å². The Morgan fingerprint density at radius 2 is 1.69 bits per heavy atom. The lowest BCUT2D eigenvalue weighted by Gasteiger charge is -2.35. The third-order valence-corrected chi connectivity index (χ3v) is 7.86. The van der Waals surface area contributed by atoms with E-state index < -0.39 is 10.0 Å². The van der Waals surface area contributed by atoms with E-state index in [-0.39, 0.29) is 22.4 Å². The molecular formula is C26H27FN4O4S. The molecule has 5 rings (SSSR count). The summed E-state index contributed by atoms with van der Waals surface area (Å²) in [4.78, 5) is 19.4. The highest BCUT2D eigenvalue weighted by atomic mass is 32.2. The molecule has 0 spiro atoms. The number of nitrogens with one attached hydrogen (secondary N) is 1. The van der Waals surface area contributed by atoms with Crippen molar-refractivity contribution in [1.29, 1.82) is 0 Å². The monoisotopic (exact) mass is 510 g/mol. The van der Waals surface area contributed by atoms with E-state index in [0.717, 1.165) is 6.42 Å². The maximum absolute atomic E-state index is 14.2. The zero-order valence-corrected chi connectivity index (χ0v) is 20.7. The van der Waals surface area contributed by atoms with Gasteiger partial charge in [-0.25, -0.2) is 4.39 Å². The van der Waals surface area contributed by atoms with Crippen LogP contribution in [-0.2, 0) is 16.4 Å². The van der Waals surface area contributed by atoms with Crippen LogP contribution >= 0.6 is 0 Å². The number of halogens is 1. The van der Waals surface area contributed by atoms with Gasteiger partial charge in [-0.05, 0) is 44.0 Å². The van der Waals surface area contributed by atoms with Crippen LogP contribution in [0.2, 0.25) is 0 Å². The molecule has 0 atom stereocenters. The van der Waals surface area contributed by atoms with Crippen molar-refractivity contribution >= 4 is 27.3 Å². The highest BCUT2D eigenvalue weighted by Gasteiger charge is 2.32. The Bertz CT molecular complexity index is 1410. The van der Waals surface area contributed by atoms with E-state index in [2.05, 4.69) is 9.93 Å². The molecule has 1 aliphatic heterocycles. The fourth-order valence-corrected chi connectivity index (χ4v) is 5.61. The quantitative estimate of drug-likeness (QED) is 0.528. The second-order valence-corrected chi connectivity index (χ2v) is 10.6. The van der Waals surface area contributed by atoms with E-state index in [1.54, 1.807) is 48.2 Å². The summed E-state index contributed by atoms with van der Waals surface area (Å²) in [6.45, 7) is 3.71. The summed E-state index contributed by atoms with van der Waals surface area (Å²) in [5.41, 5.74) is 2.45. The molecule has 8 nitrogen and oxygen atoms in total. The molecule has 10 heteroatoms. The van der Waals surface area contributed by atoms with Crippen molar-refractivity contribution in [1.82, 2.24) is 9.73 Å². The van der Waals surface area contributed by atoms with Gasteiger partial charge in [0.15, 0.2) is 5.76 Å². The number of furan rings is 1. The summed E-state index contributed by atoms with van der Waals surface area (Å²) >= 11 is 0. The number of sulfonamides is 1. The van der Waals surface area contributed by atoms with Crippen molar-refractivity contribution in [2.75, 3.05) is 31.1 Å². The van der Waals surface area contributed by atoms with Crippen LogP contribution in [0.5, 0.6) is 0 Å². The van der Waals surface area contributed by atoms with Crippen LogP contribution in [0.4, 0.5) is 10.1 Å². The first kappa shape index (κ1) is 24.1. The summed E-state index contributed by atoms with van der Waals surface area (Å²) < 4.78 is 45.4. The standard InChI is InChI=1S/C26H27FN4O4S/c1-18-24-21(28-29-36(33,34)19-8-3-2-4-9-19)11-7-13-23(24)35-25(18)26(32)31-16-14-30(15-17-31)22-12-6-5-10-20(22)27/h2-6,8-10,12,29H,7,11,13-17H2,1H3/b28-21+. The third kappa shape index (κ3) is 4.60. The summed E-state index contributed by atoms with van der Waals surface area (Å²) in [5.74, 6) is 0.394. The molecule has 0 radical (unpaired) electrons. The van der Waals surface area contributed by atoms with E-state index in [0.29, 0.717) is 67.3 Å². The highest BCUT2D eigenvalue weighted by Crippen LogP contribution is 2.31. The number of amides is 1. The molecule has 1 saturated heterocycles. The first-order valence-corrected chi connectivity index (χ1v) is 13.4. The molecule has 0 bridgehead atoms. The molecule has 3 aromatic rings. The molecule has 1 fully saturated rings. The maximum atomic E-state index is 14.2. The van der Waals surface area contributed by atoms with Gasteiger partial charge in [0.25, 0.3) is 15.9 Å². The number of benzene rings is 2. The molecular weight excluding hydrogens is 483 g/mol. The zero-order chi connectivity index (χ0) is 25.3. The first-order valence-electron chi connectivity index (χ1n) is 11.9. The molecule has 1 amide bonds. The van der Waals surface area contributed by atoms with Gasteiger partial charge in [-0.3, -0.25) is 4.79 Å². The molecule has 188 valence electrons. The fourth-order valence-electron chi connectivity index (χ4n) is 4.75. The van der Waals surface area contributed by atoms with Crippen molar-refractivity contribution in [2.24, 2.45) is 5.10 Å². The predicted octanol–water partition coefficient (Wildman–Crippen LogP) is 3.71. The van der Waals surface area contributed by atoms with E-state index in [1.165, 1.54) is 18.2 Å². The molecule has 0 unspecified atom stereocenters. The zero-order valence-electron chi connectivity index (χ0n) is 19.9. The van der Waals surface area contributed by atoms with Crippen LogP contribution in [0.15, 0.2) is 69.0 Å². The lowest BCUT2D eigenvalue weighted by atomic mass is 9.93. The van der Waals surface area contributed by atoms with Crippen molar-refractivity contribution in [3.05, 3.63) is 83.1 Å². The van der Waals surface area contributed by atoms with Gasteiger partial charge >= 0.3 is 0 Å². The number of fused-ring (bicyclic) bond motifs is 1. The Morgan fingerprint density at radius 1 is 1.00 bits per heavy atom. The van der Waals surface area contributed by atoms with Gasteiger partial charge in [-0.2, -0.15) is 18.4 Å². The Balaban J connectivity index is 1.33. The highest BCUT2D eigenvalue weighted by molar-refractivity contribution is 7.89. The molecule has 2 heterocycles. The van der Waals surface area contributed by atoms with E-state index >= 15 is 0 Å². The van der Waals surface area contributed by atoms with Crippen molar-refractivity contribution in [3.63, 3.8) is 0 Å². The van der Waals surface area contributed by atoms with Crippen LogP contribution in [0, 0.1) is 12.7 Å². The minimum absolute atomic E-state index is 0.125. The fraction of sp³-hybridized carbons (Fsp3) is 0.308. The number of anilines is 1. The molecule has 2 aromatic carbocycles. The largest absolute Gasteiger partial charge is 0.455 e.